The van der Waals surface area contributed by atoms with Gasteiger partial charge in [-0.15, -0.1) is 0 Å². The second kappa shape index (κ2) is 3.32. The molecule has 0 radical (unpaired) electrons. The number of carbonyl (C=O) groups is 1. The Hall–Kier alpha value is -0.860. The van der Waals surface area contributed by atoms with Gasteiger partial charge in [0.25, 0.3) is 0 Å². The van der Waals surface area contributed by atoms with Gasteiger partial charge in [0.2, 0.25) is 0 Å². The lowest BCUT2D eigenvalue weighted by molar-refractivity contribution is -0.126. The first kappa shape index (κ1) is 10.7. The number of Topliss-reactive ketones (excluding diaryl/α,β-unsaturated/α-hetero) is 1. The summed E-state index contributed by atoms with van der Waals surface area (Å²) in [5.41, 5.74) is 4.33. The predicted octanol–water partition coefficient (Wildman–Crippen LogP) is 1.98. The lowest BCUT2D eigenvalue weighted by atomic mass is 9.68. The molecule has 2 aliphatic rings. The number of rotatable bonds is 1. The SMILES string of the molecule is CC(C)C1=NN[C@H]2CC(C)(C)CC(=O)[C@H]12. The number of hydrogen-bond donors (Lipinski definition) is 1. The van der Waals surface area contributed by atoms with E-state index in [1.54, 1.807) is 0 Å². The summed E-state index contributed by atoms with van der Waals surface area (Å²) >= 11 is 0. The summed E-state index contributed by atoms with van der Waals surface area (Å²) in [6.45, 7) is 8.54. The molecule has 3 nitrogen and oxygen atoms in total. The van der Waals surface area contributed by atoms with Crippen LogP contribution in [0.3, 0.4) is 0 Å². The van der Waals surface area contributed by atoms with Crippen molar-refractivity contribution in [3.8, 4) is 0 Å². The van der Waals surface area contributed by atoms with Crippen molar-refractivity contribution in [2.24, 2.45) is 22.4 Å². The maximum atomic E-state index is 12.1. The van der Waals surface area contributed by atoms with E-state index in [1.807, 2.05) is 0 Å². The fourth-order valence-corrected chi connectivity index (χ4v) is 2.80. The van der Waals surface area contributed by atoms with Gasteiger partial charge in [-0.1, -0.05) is 27.7 Å². The van der Waals surface area contributed by atoms with Gasteiger partial charge in [-0.3, -0.25) is 4.79 Å². The van der Waals surface area contributed by atoms with Gasteiger partial charge >= 0.3 is 0 Å². The molecule has 15 heavy (non-hydrogen) atoms. The van der Waals surface area contributed by atoms with Crippen molar-refractivity contribution in [1.29, 1.82) is 0 Å². The molecule has 0 saturated heterocycles. The first-order valence-electron chi connectivity index (χ1n) is 5.76. The van der Waals surface area contributed by atoms with Gasteiger partial charge in [-0.05, 0) is 17.8 Å². The van der Waals surface area contributed by atoms with Crippen LogP contribution in [0.5, 0.6) is 0 Å². The van der Waals surface area contributed by atoms with Gasteiger partial charge in [0.1, 0.15) is 5.78 Å². The molecule has 1 aliphatic heterocycles. The number of nitrogens with zero attached hydrogens (tertiary/aromatic N) is 1. The summed E-state index contributed by atoms with van der Waals surface area (Å²) in [6, 6.07) is 0.249. The molecular weight excluding hydrogens is 188 g/mol. The second-order valence-corrected chi connectivity index (χ2v) is 5.92. The van der Waals surface area contributed by atoms with Crippen molar-refractivity contribution < 1.29 is 4.79 Å². The summed E-state index contributed by atoms with van der Waals surface area (Å²) in [5, 5.41) is 4.34. The first-order valence-corrected chi connectivity index (χ1v) is 5.76. The van der Waals surface area contributed by atoms with Crippen molar-refractivity contribution in [2.45, 2.75) is 46.6 Å². The average Bonchev–Trinajstić information content (AvgIpc) is 2.45. The highest BCUT2D eigenvalue weighted by molar-refractivity contribution is 6.08. The predicted molar refractivity (Wildman–Crippen MR) is 60.7 cm³/mol. The summed E-state index contributed by atoms with van der Waals surface area (Å²) in [6.07, 6.45) is 1.74. The Bertz CT molecular complexity index is 318. The molecule has 0 aromatic rings. The zero-order valence-corrected chi connectivity index (χ0v) is 10.0. The highest BCUT2D eigenvalue weighted by atomic mass is 16.1. The van der Waals surface area contributed by atoms with Crippen LogP contribution in [0.4, 0.5) is 0 Å². The monoisotopic (exact) mass is 208 g/mol. The van der Waals surface area contributed by atoms with Gasteiger partial charge in [0.05, 0.1) is 17.7 Å². The molecule has 2 atom stereocenters. The number of hydrogen-bond acceptors (Lipinski definition) is 3. The largest absolute Gasteiger partial charge is 0.306 e. The molecule has 0 aromatic heterocycles. The van der Waals surface area contributed by atoms with Crippen LogP contribution in [0.25, 0.3) is 0 Å². The Kier molecular flexibility index (Phi) is 2.36. The molecule has 0 amide bonds. The van der Waals surface area contributed by atoms with Crippen LogP contribution < -0.4 is 5.43 Å². The van der Waals surface area contributed by atoms with Gasteiger partial charge in [0.15, 0.2) is 0 Å². The number of ketones is 1. The summed E-state index contributed by atoms with van der Waals surface area (Å²) in [5.74, 6) is 0.796. The Labute approximate surface area is 91.3 Å². The van der Waals surface area contributed by atoms with Gasteiger partial charge < -0.3 is 5.43 Å². The fraction of sp³-hybridized carbons (Fsp3) is 0.833. The Morgan fingerprint density at radius 3 is 2.73 bits per heavy atom. The minimum Gasteiger partial charge on any atom is -0.306 e. The molecule has 0 bridgehead atoms. The number of fused-ring (bicyclic) bond motifs is 1. The topological polar surface area (TPSA) is 41.5 Å². The van der Waals surface area contributed by atoms with Crippen LogP contribution in [0.15, 0.2) is 5.10 Å². The van der Waals surface area contributed by atoms with Crippen LogP contribution in [0.1, 0.15) is 40.5 Å². The van der Waals surface area contributed by atoms with Crippen LogP contribution in [0, 0.1) is 17.3 Å². The third kappa shape index (κ3) is 1.80. The quantitative estimate of drug-likeness (QED) is 0.716. The number of nitrogens with one attached hydrogen (secondary N) is 1. The number of hydrazone groups is 1. The lowest BCUT2D eigenvalue weighted by Gasteiger charge is -2.36. The Balaban J connectivity index is 2.21. The molecule has 0 aromatic carbocycles. The molecule has 1 N–H and O–H groups in total. The first-order chi connectivity index (χ1) is 6.91. The molecule has 84 valence electrons. The van der Waals surface area contributed by atoms with Gasteiger partial charge in [-0.2, -0.15) is 5.10 Å². The van der Waals surface area contributed by atoms with E-state index in [0.717, 1.165) is 12.1 Å². The van der Waals surface area contributed by atoms with E-state index in [0.29, 0.717) is 18.1 Å². The molecular formula is C12H20N2O. The molecule has 1 heterocycles. The molecule has 0 spiro atoms. The summed E-state index contributed by atoms with van der Waals surface area (Å²) < 4.78 is 0. The lowest BCUT2D eigenvalue weighted by Crippen LogP contribution is -2.46. The number of carbonyl (C=O) groups excluding carboxylic acids is 1. The van der Waals surface area contributed by atoms with E-state index in [1.165, 1.54) is 0 Å². The van der Waals surface area contributed by atoms with Gasteiger partial charge in [0, 0.05) is 6.42 Å². The Morgan fingerprint density at radius 2 is 2.13 bits per heavy atom. The third-order valence-corrected chi connectivity index (χ3v) is 3.44. The van der Waals surface area contributed by atoms with E-state index in [9.17, 15) is 4.79 Å². The minimum atomic E-state index is 0.0537. The summed E-state index contributed by atoms with van der Waals surface area (Å²) in [4.78, 5) is 12.1. The molecule has 1 saturated carbocycles. The van der Waals surface area contributed by atoms with E-state index in [2.05, 4.69) is 38.2 Å². The molecule has 1 aliphatic carbocycles. The molecule has 1 fully saturated rings. The maximum absolute atomic E-state index is 12.1. The average molecular weight is 208 g/mol. The van der Waals surface area contributed by atoms with Crippen LogP contribution in [-0.4, -0.2) is 17.5 Å². The van der Waals surface area contributed by atoms with E-state index >= 15 is 0 Å². The normalized spacial score (nSPS) is 33.7. The zero-order chi connectivity index (χ0) is 11.2. The van der Waals surface area contributed by atoms with Crippen molar-refractivity contribution in [3.63, 3.8) is 0 Å². The molecule has 2 rings (SSSR count). The Morgan fingerprint density at radius 1 is 1.47 bits per heavy atom. The smallest absolute Gasteiger partial charge is 0.144 e. The highest BCUT2D eigenvalue weighted by Crippen LogP contribution is 2.39. The van der Waals surface area contributed by atoms with E-state index < -0.39 is 0 Å². The van der Waals surface area contributed by atoms with Crippen LogP contribution in [-0.2, 0) is 4.79 Å². The standard InChI is InChI=1S/C12H20N2O/c1-7(2)11-10-8(13-14-11)5-12(3,4)6-9(10)15/h7-8,10,13H,5-6H2,1-4H3/t8-,10+/m0/s1. The van der Waals surface area contributed by atoms with Crippen molar-refractivity contribution >= 4 is 11.5 Å². The zero-order valence-electron chi connectivity index (χ0n) is 10.0. The third-order valence-electron chi connectivity index (χ3n) is 3.44. The van der Waals surface area contributed by atoms with Crippen molar-refractivity contribution in [3.05, 3.63) is 0 Å². The summed E-state index contributed by atoms with van der Waals surface area (Å²) in [7, 11) is 0. The van der Waals surface area contributed by atoms with Crippen molar-refractivity contribution in [1.82, 2.24) is 5.43 Å². The highest BCUT2D eigenvalue weighted by Gasteiger charge is 2.46. The minimum absolute atomic E-state index is 0.0537. The van der Waals surface area contributed by atoms with Crippen LogP contribution in [0.2, 0.25) is 0 Å². The van der Waals surface area contributed by atoms with Crippen molar-refractivity contribution in [2.75, 3.05) is 0 Å². The van der Waals surface area contributed by atoms with E-state index in [4.69, 9.17) is 0 Å². The second-order valence-electron chi connectivity index (χ2n) is 5.92. The van der Waals surface area contributed by atoms with E-state index in [-0.39, 0.29) is 17.4 Å². The fourth-order valence-electron chi connectivity index (χ4n) is 2.80. The van der Waals surface area contributed by atoms with Gasteiger partial charge in [-0.25, -0.2) is 0 Å². The van der Waals surface area contributed by atoms with Crippen LogP contribution >= 0.6 is 0 Å². The molecule has 3 heteroatoms. The molecule has 0 unspecified atom stereocenters. The maximum Gasteiger partial charge on any atom is 0.144 e.